The van der Waals surface area contributed by atoms with Gasteiger partial charge in [-0.1, -0.05) is 30.7 Å². The first-order chi connectivity index (χ1) is 12.4. The maximum absolute atomic E-state index is 10.5. The number of allylic oxidation sites excluding steroid dienone is 3. The van der Waals surface area contributed by atoms with Crippen LogP contribution in [0.4, 0.5) is 0 Å². The minimum atomic E-state index is -2.54. The summed E-state index contributed by atoms with van der Waals surface area (Å²) in [4.78, 5) is 10.5. The number of aliphatic carboxylic acids is 1. The number of rotatable bonds is 13. The van der Waals surface area contributed by atoms with E-state index in [0.29, 0.717) is 18.8 Å². The average Bonchev–Trinajstić information content (AvgIpc) is 2.57. The highest BCUT2D eigenvalue weighted by Crippen LogP contribution is 2.25. The molecule has 2 atom stereocenters. The summed E-state index contributed by atoms with van der Waals surface area (Å²) in [7, 11) is 0. The number of carboxylic acids is 1. The molecule has 0 aliphatic carbocycles. The summed E-state index contributed by atoms with van der Waals surface area (Å²) < 4.78 is 5.88. The fourth-order valence-corrected chi connectivity index (χ4v) is 3.12. The molecule has 4 N–H and O–H groups in total. The first-order valence-electron chi connectivity index (χ1n) is 9.70. The topological polar surface area (TPSA) is 107 Å². The molecule has 0 radical (unpaired) electrons. The molecule has 0 aromatic heterocycles. The number of carbonyl (C=O) groups is 1. The monoisotopic (exact) mass is 370 g/mol. The second-order valence-electron chi connectivity index (χ2n) is 7.03. The predicted octanol–water partition coefficient (Wildman–Crippen LogP) is 3.12. The summed E-state index contributed by atoms with van der Waals surface area (Å²) in [5.74, 6) is -2.82. The highest BCUT2D eigenvalue weighted by atomic mass is 16.7. The molecule has 0 unspecified atom stereocenters. The van der Waals surface area contributed by atoms with Crippen molar-refractivity contribution in [2.24, 2.45) is 5.92 Å². The zero-order chi connectivity index (χ0) is 19.3. The quantitative estimate of drug-likeness (QED) is 0.225. The van der Waals surface area contributed by atoms with Gasteiger partial charge in [-0.15, -0.1) is 0 Å². The van der Waals surface area contributed by atoms with Crippen LogP contribution in [0.2, 0.25) is 0 Å². The van der Waals surface area contributed by atoms with Crippen LogP contribution in [0.15, 0.2) is 24.3 Å². The van der Waals surface area contributed by atoms with Crippen molar-refractivity contribution >= 4 is 5.97 Å². The Hall–Kier alpha value is -1.21. The molecule has 0 saturated carbocycles. The van der Waals surface area contributed by atoms with Gasteiger partial charge >= 0.3 is 5.97 Å². The van der Waals surface area contributed by atoms with Gasteiger partial charge in [-0.05, 0) is 57.3 Å². The van der Waals surface area contributed by atoms with Crippen LogP contribution in [0.3, 0.4) is 0 Å². The van der Waals surface area contributed by atoms with E-state index in [9.17, 15) is 4.79 Å². The van der Waals surface area contributed by atoms with Crippen molar-refractivity contribution in [3.8, 4) is 0 Å². The lowest BCUT2D eigenvalue weighted by Crippen LogP contribution is -2.27. The Labute approximate surface area is 156 Å². The largest absolute Gasteiger partial charge is 0.481 e. The third kappa shape index (κ3) is 12.2. The lowest BCUT2D eigenvalue weighted by Gasteiger charge is -2.29. The summed E-state index contributed by atoms with van der Waals surface area (Å²) in [6, 6.07) is 0. The third-order valence-electron chi connectivity index (χ3n) is 4.57. The normalized spacial score (nSPS) is 21.7. The SMILES string of the molecule is O=C(O)CCCC=CC[C@H]1CCCO[C@@H]1C=CCCCCCC(O)(O)O. The smallest absolute Gasteiger partial charge is 0.303 e. The lowest BCUT2D eigenvalue weighted by atomic mass is 9.90. The molecule has 1 saturated heterocycles. The van der Waals surface area contributed by atoms with Gasteiger partial charge in [0.25, 0.3) is 5.97 Å². The van der Waals surface area contributed by atoms with Crippen molar-refractivity contribution in [1.82, 2.24) is 0 Å². The fraction of sp³-hybridized carbons (Fsp3) is 0.750. The first-order valence-corrected chi connectivity index (χ1v) is 9.70. The summed E-state index contributed by atoms with van der Waals surface area (Å²) in [6.07, 6.45) is 16.7. The lowest BCUT2D eigenvalue weighted by molar-refractivity contribution is -0.315. The first kappa shape index (κ1) is 22.8. The van der Waals surface area contributed by atoms with Crippen LogP contribution in [0.5, 0.6) is 0 Å². The molecule has 1 aliphatic rings. The highest BCUT2D eigenvalue weighted by molar-refractivity contribution is 5.66. The van der Waals surface area contributed by atoms with Crippen molar-refractivity contribution in [2.75, 3.05) is 6.61 Å². The van der Waals surface area contributed by atoms with E-state index >= 15 is 0 Å². The summed E-state index contributed by atoms with van der Waals surface area (Å²) in [5.41, 5.74) is 0. The highest BCUT2D eigenvalue weighted by Gasteiger charge is 2.22. The Bertz CT molecular complexity index is 438. The minimum Gasteiger partial charge on any atom is -0.481 e. The Kier molecular flexibility index (Phi) is 11.4. The maximum Gasteiger partial charge on any atom is 0.303 e. The summed E-state index contributed by atoms with van der Waals surface area (Å²) in [5, 5.41) is 35.0. The number of hydrogen-bond acceptors (Lipinski definition) is 5. The molecule has 0 bridgehead atoms. The Morgan fingerprint density at radius 3 is 2.54 bits per heavy atom. The number of carboxylic acid groups (broad SMARTS) is 1. The summed E-state index contributed by atoms with van der Waals surface area (Å²) >= 11 is 0. The van der Waals surface area contributed by atoms with Crippen molar-refractivity contribution < 1.29 is 30.0 Å². The van der Waals surface area contributed by atoms with Gasteiger partial charge in [0, 0.05) is 19.4 Å². The van der Waals surface area contributed by atoms with Crippen LogP contribution in [0, 0.1) is 5.92 Å². The van der Waals surface area contributed by atoms with E-state index in [-0.39, 0.29) is 18.9 Å². The zero-order valence-electron chi connectivity index (χ0n) is 15.6. The molecule has 1 rings (SSSR count). The minimum absolute atomic E-state index is 0.0245. The molecule has 0 aromatic rings. The zero-order valence-corrected chi connectivity index (χ0v) is 15.6. The molecular weight excluding hydrogens is 336 g/mol. The van der Waals surface area contributed by atoms with Gasteiger partial charge in [0.1, 0.15) is 0 Å². The van der Waals surface area contributed by atoms with Gasteiger partial charge in [-0.2, -0.15) is 0 Å². The Morgan fingerprint density at radius 1 is 1.04 bits per heavy atom. The second kappa shape index (κ2) is 13.0. The van der Waals surface area contributed by atoms with Crippen LogP contribution in [0.25, 0.3) is 0 Å². The summed E-state index contributed by atoms with van der Waals surface area (Å²) in [6.45, 7) is 0.791. The molecular formula is C20H34O6. The van der Waals surface area contributed by atoms with Gasteiger partial charge in [0.15, 0.2) is 0 Å². The molecule has 150 valence electrons. The van der Waals surface area contributed by atoms with Crippen LogP contribution >= 0.6 is 0 Å². The number of aliphatic hydroxyl groups is 3. The average molecular weight is 370 g/mol. The third-order valence-corrected chi connectivity index (χ3v) is 4.57. The van der Waals surface area contributed by atoms with Crippen LogP contribution < -0.4 is 0 Å². The fourth-order valence-electron chi connectivity index (χ4n) is 3.12. The molecule has 6 nitrogen and oxygen atoms in total. The molecule has 0 spiro atoms. The van der Waals surface area contributed by atoms with E-state index in [2.05, 4.69) is 24.3 Å². The second-order valence-corrected chi connectivity index (χ2v) is 7.03. The van der Waals surface area contributed by atoms with E-state index < -0.39 is 11.9 Å². The Balaban J connectivity index is 2.21. The molecule has 6 heteroatoms. The Morgan fingerprint density at radius 2 is 1.81 bits per heavy atom. The maximum atomic E-state index is 10.5. The van der Waals surface area contributed by atoms with Crippen LogP contribution in [0.1, 0.15) is 70.6 Å². The van der Waals surface area contributed by atoms with Crippen LogP contribution in [-0.4, -0.2) is 45.1 Å². The molecule has 0 aromatic carbocycles. The van der Waals surface area contributed by atoms with E-state index in [0.717, 1.165) is 51.6 Å². The number of hydrogen-bond donors (Lipinski definition) is 4. The number of ether oxygens (including phenoxy) is 1. The van der Waals surface area contributed by atoms with E-state index in [1.54, 1.807) is 0 Å². The van der Waals surface area contributed by atoms with Gasteiger partial charge in [-0.3, -0.25) is 4.79 Å². The van der Waals surface area contributed by atoms with Gasteiger partial charge in [-0.25, -0.2) is 0 Å². The van der Waals surface area contributed by atoms with Gasteiger partial charge in [0.2, 0.25) is 0 Å². The molecule has 1 heterocycles. The van der Waals surface area contributed by atoms with Crippen molar-refractivity contribution in [1.29, 1.82) is 0 Å². The standard InChI is InChI=1S/C20H34O6/c21-19(22)14-8-4-3-6-11-17-12-10-16-26-18(17)13-7-2-1-5-9-15-20(23,24)25/h3,6-7,13,17-18,23-25H,1-2,4-5,8-12,14-16H2,(H,21,22)/t17-,18+/m0/s1. The van der Waals surface area contributed by atoms with E-state index in [4.69, 9.17) is 25.2 Å². The number of unbranched alkanes of at least 4 members (excludes halogenated alkanes) is 4. The van der Waals surface area contributed by atoms with Gasteiger partial charge < -0.3 is 25.2 Å². The van der Waals surface area contributed by atoms with E-state index in [1.165, 1.54) is 0 Å². The van der Waals surface area contributed by atoms with E-state index in [1.807, 2.05) is 0 Å². The van der Waals surface area contributed by atoms with Crippen molar-refractivity contribution in [3.63, 3.8) is 0 Å². The molecule has 1 fully saturated rings. The van der Waals surface area contributed by atoms with Crippen LogP contribution in [-0.2, 0) is 9.53 Å². The molecule has 26 heavy (non-hydrogen) atoms. The van der Waals surface area contributed by atoms with Gasteiger partial charge in [0.05, 0.1) is 6.10 Å². The predicted molar refractivity (Wildman–Crippen MR) is 99.3 cm³/mol. The molecule has 0 amide bonds. The molecule has 1 aliphatic heterocycles. The van der Waals surface area contributed by atoms with Crippen molar-refractivity contribution in [2.45, 2.75) is 82.7 Å². The van der Waals surface area contributed by atoms with Crippen molar-refractivity contribution in [3.05, 3.63) is 24.3 Å².